The number of urea groups is 1. The van der Waals surface area contributed by atoms with E-state index in [1.54, 1.807) is 0 Å². The molecular formula is C18H20F3N3O4. The number of halogens is 3. The molecule has 28 heavy (non-hydrogen) atoms. The van der Waals surface area contributed by atoms with E-state index in [-0.39, 0.29) is 5.56 Å². The molecule has 2 atom stereocenters. The Hall–Kier alpha value is -2.46. The summed E-state index contributed by atoms with van der Waals surface area (Å²) in [6, 6.07) is 1.08. The van der Waals surface area contributed by atoms with Crippen molar-refractivity contribution in [1.82, 2.24) is 10.2 Å². The summed E-state index contributed by atoms with van der Waals surface area (Å²) in [5, 5.41) is 1.97. The number of hydrogen-bond donors (Lipinski definition) is 2. The van der Waals surface area contributed by atoms with Gasteiger partial charge in [0.1, 0.15) is 11.7 Å². The molecule has 7 nitrogen and oxygen atoms in total. The highest BCUT2D eigenvalue weighted by atomic mass is 19.3. The highest BCUT2D eigenvalue weighted by Crippen LogP contribution is 2.37. The van der Waals surface area contributed by atoms with E-state index >= 15 is 0 Å². The lowest BCUT2D eigenvalue weighted by molar-refractivity contribution is -0.151. The lowest BCUT2D eigenvalue weighted by Crippen LogP contribution is -2.62. The summed E-state index contributed by atoms with van der Waals surface area (Å²) >= 11 is 0. The minimum absolute atomic E-state index is 0.161. The molecule has 1 unspecified atom stereocenters. The van der Waals surface area contributed by atoms with Crippen molar-refractivity contribution in [1.29, 1.82) is 0 Å². The standard InChI is InChI=1S/C18H20F3N3O4/c19-11-3-1-2-10(8-11)14(22)18(20,21)9-13-15(25)23-17(27)24(16(13)26)12-4-6-28-7-5-12/h1-3,8,12-14H,4-7,9,22H2,(H,23,25,27)/t13?,14-/m0/s1. The molecule has 0 saturated carbocycles. The zero-order valence-corrected chi connectivity index (χ0v) is 14.9. The van der Waals surface area contributed by atoms with Crippen molar-refractivity contribution in [2.45, 2.75) is 37.3 Å². The van der Waals surface area contributed by atoms with Crippen LogP contribution in [0.25, 0.3) is 0 Å². The largest absolute Gasteiger partial charge is 0.381 e. The average molecular weight is 399 g/mol. The number of alkyl halides is 2. The highest BCUT2D eigenvalue weighted by molar-refractivity contribution is 6.16. The number of carbonyl (C=O) groups is 3. The number of imide groups is 2. The molecular weight excluding hydrogens is 379 g/mol. The second kappa shape index (κ2) is 7.88. The van der Waals surface area contributed by atoms with Crippen LogP contribution in [0.15, 0.2) is 24.3 Å². The van der Waals surface area contributed by atoms with E-state index in [0.717, 1.165) is 17.0 Å². The van der Waals surface area contributed by atoms with Crippen LogP contribution >= 0.6 is 0 Å². The lowest BCUT2D eigenvalue weighted by atomic mass is 9.89. The predicted molar refractivity (Wildman–Crippen MR) is 90.6 cm³/mol. The topological polar surface area (TPSA) is 102 Å². The van der Waals surface area contributed by atoms with Gasteiger partial charge in [-0.25, -0.2) is 18.0 Å². The molecule has 2 aliphatic rings. The molecule has 1 aromatic carbocycles. The van der Waals surface area contributed by atoms with Crippen molar-refractivity contribution >= 4 is 17.8 Å². The highest BCUT2D eigenvalue weighted by Gasteiger charge is 2.50. The van der Waals surface area contributed by atoms with Crippen LogP contribution in [0.5, 0.6) is 0 Å². The van der Waals surface area contributed by atoms with E-state index in [9.17, 15) is 27.6 Å². The van der Waals surface area contributed by atoms with Crippen LogP contribution in [0.4, 0.5) is 18.0 Å². The maximum Gasteiger partial charge on any atom is 0.331 e. The van der Waals surface area contributed by atoms with Gasteiger partial charge in [0.25, 0.3) is 5.92 Å². The fraction of sp³-hybridized carbons (Fsp3) is 0.500. The molecule has 3 N–H and O–H groups in total. The van der Waals surface area contributed by atoms with Crippen LogP contribution in [-0.2, 0) is 14.3 Å². The SMILES string of the molecule is N[C@@H](c1cccc(F)c1)C(F)(F)CC1C(=O)NC(=O)N(C2CCOCC2)C1=O. The van der Waals surface area contributed by atoms with Gasteiger partial charge >= 0.3 is 6.03 Å². The van der Waals surface area contributed by atoms with Crippen LogP contribution in [-0.4, -0.2) is 47.9 Å². The van der Waals surface area contributed by atoms with Crippen molar-refractivity contribution < 1.29 is 32.3 Å². The summed E-state index contributed by atoms with van der Waals surface area (Å²) in [5.41, 5.74) is 5.44. The van der Waals surface area contributed by atoms with Crippen LogP contribution in [0.2, 0.25) is 0 Å². The molecule has 2 heterocycles. The summed E-state index contributed by atoms with van der Waals surface area (Å²) < 4.78 is 48.0. The van der Waals surface area contributed by atoms with Gasteiger partial charge in [-0.1, -0.05) is 12.1 Å². The number of benzene rings is 1. The summed E-state index contributed by atoms with van der Waals surface area (Å²) in [6.07, 6.45) is -0.471. The number of carbonyl (C=O) groups excluding carboxylic acids is 3. The van der Waals surface area contributed by atoms with Crippen LogP contribution in [0, 0.1) is 11.7 Å². The number of barbiturate groups is 1. The lowest BCUT2D eigenvalue weighted by Gasteiger charge is -2.38. The number of nitrogens with one attached hydrogen (secondary N) is 1. The zero-order chi connectivity index (χ0) is 20.5. The molecule has 0 spiro atoms. The van der Waals surface area contributed by atoms with E-state index < -0.39 is 54.0 Å². The smallest absolute Gasteiger partial charge is 0.331 e. The summed E-state index contributed by atoms with van der Waals surface area (Å²) in [5.74, 6) is -8.26. The fourth-order valence-electron chi connectivity index (χ4n) is 3.44. The third-order valence-corrected chi connectivity index (χ3v) is 5.00. The molecule has 1 aromatic rings. The van der Waals surface area contributed by atoms with E-state index in [0.29, 0.717) is 26.1 Å². The van der Waals surface area contributed by atoms with Crippen molar-refractivity contribution in [2.75, 3.05) is 13.2 Å². The Balaban J connectivity index is 1.79. The minimum Gasteiger partial charge on any atom is -0.381 e. The molecule has 0 aliphatic carbocycles. The van der Waals surface area contributed by atoms with E-state index in [4.69, 9.17) is 10.5 Å². The summed E-state index contributed by atoms with van der Waals surface area (Å²) in [6.45, 7) is 0.641. The number of hydrogen-bond acceptors (Lipinski definition) is 5. The van der Waals surface area contributed by atoms with Crippen LogP contribution in [0.3, 0.4) is 0 Å². The van der Waals surface area contributed by atoms with Crippen LogP contribution in [0.1, 0.15) is 30.9 Å². The Labute approximate surface area is 159 Å². The van der Waals surface area contributed by atoms with Gasteiger partial charge in [-0.2, -0.15) is 0 Å². The fourth-order valence-corrected chi connectivity index (χ4v) is 3.44. The molecule has 2 fully saturated rings. The molecule has 2 aliphatic heterocycles. The third kappa shape index (κ3) is 4.02. The van der Waals surface area contributed by atoms with Gasteiger partial charge in [0.2, 0.25) is 11.8 Å². The Bertz CT molecular complexity index is 783. The Morgan fingerprint density at radius 2 is 1.93 bits per heavy atom. The minimum atomic E-state index is -3.69. The maximum atomic E-state index is 14.7. The molecule has 0 bridgehead atoms. The molecule has 10 heteroatoms. The molecule has 3 rings (SSSR count). The number of nitrogens with two attached hydrogens (primary N) is 1. The van der Waals surface area contributed by atoms with Gasteiger partial charge in [-0.3, -0.25) is 19.8 Å². The van der Waals surface area contributed by atoms with Gasteiger partial charge < -0.3 is 10.5 Å². The maximum absolute atomic E-state index is 14.7. The van der Waals surface area contributed by atoms with Crippen molar-refractivity contribution in [3.05, 3.63) is 35.6 Å². The van der Waals surface area contributed by atoms with E-state index in [2.05, 4.69) is 0 Å². The second-order valence-electron chi connectivity index (χ2n) is 6.90. The summed E-state index contributed by atoms with van der Waals surface area (Å²) in [4.78, 5) is 37.7. The molecule has 0 aromatic heterocycles. The normalized spacial score (nSPS) is 22.9. The number of rotatable bonds is 5. The number of nitrogens with zero attached hydrogens (tertiary/aromatic N) is 1. The number of ether oxygens (including phenoxy) is 1. The van der Waals surface area contributed by atoms with Crippen molar-refractivity contribution in [2.24, 2.45) is 11.7 Å². The summed E-state index contributed by atoms with van der Waals surface area (Å²) in [7, 11) is 0. The van der Waals surface area contributed by atoms with Crippen molar-refractivity contribution in [3.8, 4) is 0 Å². The van der Waals surface area contributed by atoms with E-state index in [1.807, 2.05) is 5.32 Å². The van der Waals surface area contributed by atoms with Gasteiger partial charge in [-0.15, -0.1) is 0 Å². The predicted octanol–water partition coefficient (Wildman–Crippen LogP) is 1.72. The Kier molecular flexibility index (Phi) is 5.71. The van der Waals surface area contributed by atoms with Crippen molar-refractivity contribution in [3.63, 3.8) is 0 Å². The first-order chi connectivity index (χ1) is 13.2. The number of amides is 4. The second-order valence-corrected chi connectivity index (χ2v) is 6.90. The average Bonchev–Trinajstić information content (AvgIpc) is 2.65. The first kappa shape index (κ1) is 20.3. The molecule has 4 amide bonds. The van der Waals surface area contributed by atoms with Gasteiger partial charge in [0.15, 0.2) is 0 Å². The molecule has 0 radical (unpaired) electrons. The molecule has 2 saturated heterocycles. The van der Waals surface area contributed by atoms with Gasteiger partial charge in [0.05, 0.1) is 6.04 Å². The van der Waals surface area contributed by atoms with Crippen LogP contribution < -0.4 is 11.1 Å². The Morgan fingerprint density at radius 1 is 1.25 bits per heavy atom. The Morgan fingerprint density at radius 3 is 2.57 bits per heavy atom. The monoisotopic (exact) mass is 399 g/mol. The van der Waals surface area contributed by atoms with E-state index in [1.165, 1.54) is 12.1 Å². The zero-order valence-electron chi connectivity index (χ0n) is 14.9. The third-order valence-electron chi connectivity index (χ3n) is 5.00. The van der Waals surface area contributed by atoms with Gasteiger partial charge in [0, 0.05) is 25.7 Å². The first-order valence-electron chi connectivity index (χ1n) is 8.85. The molecule has 152 valence electrons. The quantitative estimate of drug-likeness (QED) is 0.735. The first-order valence-corrected chi connectivity index (χ1v) is 8.85. The van der Waals surface area contributed by atoms with Gasteiger partial charge in [-0.05, 0) is 30.5 Å².